The molecule has 0 aliphatic heterocycles. The number of aryl methyl sites for hydroxylation is 2. The second-order valence-electron chi connectivity index (χ2n) is 6.39. The molecule has 3 N–H and O–H groups in total. The Labute approximate surface area is 163 Å². The molecule has 0 saturated carbocycles. The minimum Gasteiger partial charge on any atom is -0.481 e. The van der Waals surface area contributed by atoms with Gasteiger partial charge < -0.3 is 20.5 Å². The number of benzene rings is 2. The van der Waals surface area contributed by atoms with Crippen molar-refractivity contribution in [3.63, 3.8) is 0 Å². The summed E-state index contributed by atoms with van der Waals surface area (Å²) in [6.45, 7) is 3.72. The number of rotatable bonds is 9. The Balaban J connectivity index is 1.82. The van der Waals surface area contributed by atoms with Crippen molar-refractivity contribution in [1.29, 1.82) is 0 Å². The van der Waals surface area contributed by atoms with E-state index >= 15 is 0 Å². The molecule has 2 rings (SSSR count). The van der Waals surface area contributed by atoms with E-state index in [9.17, 15) is 14.4 Å². The summed E-state index contributed by atoms with van der Waals surface area (Å²) < 4.78 is 5.26. The first kappa shape index (κ1) is 21.0. The number of carbonyl (C=O) groups excluding carboxylic acids is 2. The number of hydrogen-bond donors (Lipinski definition) is 3. The van der Waals surface area contributed by atoms with E-state index in [4.69, 9.17) is 9.84 Å². The van der Waals surface area contributed by atoms with Gasteiger partial charge in [-0.25, -0.2) is 4.79 Å². The van der Waals surface area contributed by atoms with Crippen LogP contribution in [0.25, 0.3) is 0 Å². The summed E-state index contributed by atoms with van der Waals surface area (Å²) in [4.78, 5) is 34.8. The number of carboxylic acid groups (broad SMARTS) is 1. The third-order valence-electron chi connectivity index (χ3n) is 4.03. The molecule has 0 atom stereocenters. The highest BCUT2D eigenvalue weighted by atomic mass is 16.5. The monoisotopic (exact) mass is 384 g/mol. The number of carbonyl (C=O) groups is 3. The molecule has 7 heteroatoms. The van der Waals surface area contributed by atoms with Crippen molar-refractivity contribution in [2.24, 2.45) is 0 Å². The van der Waals surface area contributed by atoms with E-state index in [1.807, 2.05) is 30.3 Å². The molecule has 0 bridgehead atoms. The number of amides is 2. The van der Waals surface area contributed by atoms with Gasteiger partial charge in [0, 0.05) is 25.1 Å². The van der Waals surface area contributed by atoms with Crippen LogP contribution in [-0.4, -0.2) is 36.0 Å². The number of nitrogens with one attached hydrogen (secondary N) is 2. The number of hydrogen-bond acceptors (Lipinski definition) is 4. The van der Waals surface area contributed by atoms with Gasteiger partial charge in [0.15, 0.2) is 6.61 Å². The van der Waals surface area contributed by atoms with Crippen molar-refractivity contribution in [3.05, 3.63) is 64.7 Å². The van der Waals surface area contributed by atoms with Gasteiger partial charge in [0.25, 0.3) is 5.91 Å². The molecular weight excluding hydrogens is 360 g/mol. The van der Waals surface area contributed by atoms with Gasteiger partial charge >= 0.3 is 5.97 Å². The number of ether oxygens (including phenoxy) is 1. The van der Waals surface area contributed by atoms with Crippen molar-refractivity contribution in [3.8, 4) is 5.75 Å². The van der Waals surface area contributed by atoms with Crippen LogP contribution in [0.2, 0.25) is 0 Å². The molecule has 0 heterocycles. The molecule has 2 aromatic carbocycles. The third kappa shape index (κ3) is 6.42. The zero-order chi connectivity index (χ0) is 20.5. The SMILES string of the molecule is Cc1cc(C(=O)NCCC(=O)NCc2ccccc2)cc(C)c1OCC(=O)O. The number of carboxylic acids is 1. The van der Waals surface area contributed by atoms with Crippen molar-refractivity contribution in [2.75, 3.05) is 13.2 Å². The molecule has 2 amide bonds. The Bertz CT molecular complexity index is 826. The van der Waals surface area contributed by atoms with Gasteiger partial charge in [0.05, 0.1) is 0 Å². The summed E-state index contributed by atoms with van der Waals surface area (Å²) in [5, 5.41) is 14.2. The van der Waals surface area contributed by atoms with Crippen molar-refractivity contribution < 1.29 is 24.2 Å². The molecule has 0 aliphatic rings. The van der Waals surface area contributed by atoms with E-state index in [0.717, 1.165) is 5.56 Å². The third-order valence-corrected chi connectivity index (χ3v) is 4.03. The fourth-order valence-electron chi connectivity index (χ4n) is 2.72. The van der Waals surface area contributed by atoms with Crippen LogP contribution in [0.1, 0.15) is 33.5 Å². The van der Waals surface area contributed by atoms with Crippen LogP contribution < -0.4 is 15.4 Å². The minimum absolute atomic E-state index is 0.145. The molecule has 0 unspecified atom stereocenters. The second-order valence-corrected chi connectivity index (χ2v) is 6.39. The van der Waals surface area contributed by atoms with Gasteiger partial charge in [-0.3, -0.25) is 9.59 Å². The average molecular weight is 384 g/mol. The maximum atomic E-state index is 12.3. The summed E-state index contributed by atoms with van der Waals surface area (Å²) >= 11 is 0. The Kier molecular flexibility index (Phi) is 7.56. The van der Waals surface area contributed by atoms with E-state index in [1.54, 1.807) is 26.0 Å². The Morgan fingerprint density at radius 2 is 1.64 bits per heavy atom. The standard InChI is InChI=1S/C21H24N2O5/c1-14-10-17(11-15(2)20(14)28-13-19(25)26)21(27)22-9-8-18(24)23-12-16-6-4-3-5-7-16/h3-7,10-11H,8-9,12-13H2,1-2H3,(H,22,27)(H,23,24)(H,25,26). The van der Waals surface area contributed by atoms with E-state index in [0.29, 0.717) is 29.0 Å². The lowest BCUT2D eigenvalue weighted by molar-refractivity contribution is -0.139. The van der Waals surface area contributed by atoms with E-state index in [2.05, 4.69) is 10.6 Å². The lowest BCUT2D eigenvalue weighted by atomic mass is 10.1. The molecule has 0 aromatic heterocycles. The predicted molar refractivity (Wildman–Crippen MR) is 104 cm³/mol. The van der Waals surface area contributed by atoms with E-state index in [1.165, 1.54) is 0 Å². The summed E-state index contributed by atoms with van der Waals surface area (Å²) in [5.41, 5.74) is 2.79. The van der Waals surface area contributed by atoms with Gasteiger partial charge in [-0.05, 0) is 42.7 Å². The first-order valence-electron chi connectivity index (χ1n) is 8.91. The lowest BCUT2D eigenvalue weighted by Gasteiger charge is -2.13. The number of aliphatic carboxylic acids is 1. The van der Waals surface area contributed by atoms with Crippen molar-refractivity contribution in [1.82, 2.24) is 10.6 Å². The zero-order valence-corrected chi connectivity index (χ0v) is 16.0. The Morgan fingerprint density at radius 3 is 2.25 bits per heavy atom. The van der Waals surface area contributed by atoms with Gasteiger partial charge in [0.2, 0.25) is 5.91 Å². The van der Waals surface area contributed by atoms with Crippen LogP contribution in [0.4, 0.5) is 0 Å². The smallest absolute Gasteiger partial charge is 0.341 e. The van der Waals surface area contributed by atoms with Gasteiger partial charge in [-0.15, -0.1) is 0 Å². The molecule has 0 saturated heterocycles. The highest BCUT2D eigenvalue weighted by Gasteiger charge is 2.13. The summed E-state index contributed by atoms with van der Waals surface area (Å²) in [5.74, 6) is -1.05. The fourth-order valence-corrected chi connectivity index (χ4v) is 2.72. The van der Waals surface area contributed by atoms with Gasteiger partial charge in [0.1, 0.15) is 5.75 Å². The maximum Gasteiger partial charge on any atom is 0.341 e. The fraction of sp³-hybridized carbons (Fsp3) is 0.286. The molecular formula is C21H24N2O5. The summed E-state index contributed by atoms with van der Waals surface area (Å²) in [6, 6.07) is 12.8. The molecule has 0 radical (unpaired) electrons. The highest BCUT2D eigenvalue weighted by Crippen LogP contribution is 2.24. The van der Waals surface area contributed by atoms with E-state index < -0.39 is 12.6 Å². The van der Waals surface area contributed by atoms with Crippen LogP contribution in [-0.2, 0) is 16.1 Å². The molecule has 0 aliphatic carbocycles. The van der Waals surface area contributed by atoms with Crippen LogP contribution in [0.3, 0.4) is 0 Å². The van der Waals surface area contributed by atoms with Crippen LogP contribution in [0, 0.1) is 13.8 Å². The van der Waals surface area contributed by atoms with E-state index in [-0.39, 0.29) is 24.8 Å². The van der Waals surface area contributed by atoms with Gasteiger partial charge in [-0.2, -0.15) is 0 Å². The average Bonchev–Trinajstić information content (AvgIpc) is 2.66. The molecule has 148 valence electrons. The summed E-state index contributed by atoms with van der Waals surface area (Å²) in [7, 11) is 0. The first-order valence-corrected chi connectivity index (χ1v) is 8.91. The van der Waals surface area contributed by atoms with Crippen LogP contribution in [0.15, 0.2) is 42.5 Å². The topological polar surface area (TPSA) is 105 Å². The van der Waals surface area contributed by atoms with Crippen molar-refractivity contribution in [2.45, 2.75) is 26.8 Å². The van der Waals surface area contributed by atoms with Crippen LogP contribution in [0.5, 0.6) is 5.75 Å². The normalized spacial score (nSPS) is 10.2. The molecule has 2 aromatic rings. The molecule has 28 heavy (non-hydrogen) atoms. The molecule has 0 spiro atoms. The van der Waals surface area contributed by atoms with Gasteiger partial charge in [-0.1, -0.05) is 30.3 Å². The first-order chi connectivity index (χ1) is 13.4. The maximum absolute atomic E-state index is 12.3. The molecule has 7 nitrogen and oxygen atoms in total. The zero-order valence-electron chi connectivity index (χ0n) is 16.0. The largest absolute Gasteiger partial charge is 0.481 e. The minimum atomic E-state index is -1.06. The predicted octanol–water partition coefficient (Wildman–Crippen LogP) is 2.20. The van der Waals surface area contributed by atoms with Crippen LogP contribution >= 0.6 is 0 Å². The summed E-state index contributed by atoms with van der Waals surface area (Å²) in [6.07, 6.45) is 0.177. The lowest BCUT2D eigenvalue weighted by Crippen LogP contribution is -2.30. The molecule has 0 fully saturated rings. The Hall–Kier alpha value is -3.35. The Morgan fingerprint density at radius 1 is 1.00 bits per heavy atom. The quantitative estimate of drug-likeness (QED) is 0.615. The highest BCUT2D eigenvalue weighted by molar-refractivity contribution is 5.95. The van der Waals surface area contributed by atoms with Crippen molar-refractivity contribution >= 4 is 17.8 Å². The second kappa shape index (κ2) is 10.1.